The number of benzene rings is 2. The molecule has 0 bridgehead atoms. The predicted molar refractivity (Wildman–Crippen MR) is 116 cm³/mol. The number of amides is 2. The van der Waals surface area contributed by atoms with Gasteiger partial charge in [0.15, 0.2) is 11.5 Å². The van der Waals surface area contributed by atoms with Crippen LogP contribution in [0.4, 0.5) is 0 Å². The van der Waals surface area contributed by atoms with E-state index in [0.29, 0.717) is 39.8 Å². The van der Waals surface area contributed by atoms with Crippen molar-refractivity contribution in [3.05, 3.63) is 64.6 Å². The number of hydrogen-bond donors (Lipinski definition) is 0. The minimum atomic E-state index is -0.258. The molecule has 1 aliphatic heterocycles. The second-order valence-corrected chi connectivity index (χ2v) is 8.15. The van der Waals surface area contributed by atoms with Crippen molar-refractivity contribution in [1.82, 2.24) is 4.90 Å². The van der Waals surface area contributed by atoms with E-state index >= 15 is 0 Å². The summed E-state index contributed by atoms with van der Waals surface area (Å²) in [5.41, 5.74) is 2.18. The maximum atomic E-state index is 13.2. The zero-order valence-electron chi connectivity index (χ0n) is 17.1. The van der Waals surface area contributed by atoms with E-state index in [1.54, 1.807) is 32.4 Å². The maximum Gasteiger partial charge on any atom is 0.268 e. The van der Waals surface area contributed by atoms with Crippen molar-refractivity contribution < 1.29 is 19.1 Å². The van der Waals surface area contributed by atoms with Crippen LogP contribution in [0.1, 0.15) is 25.0 Å². The lowest BCUT2D eigenvalue weighted by atomic mass is 10.1. The average Bonchev–Trinajstić information content (AvgIpc) is 2.96. The topological polar surface area (TPSA) is 55.8 Å². The summed E-state index contributed by atoms with van der Waals surface area (Å²) in [6, 6.07) is 15.2. The smallest absolute Gasteiger partial charge is 0.268 e. The van der Waals surface area contributed by atoms with Gasteiger partial charge in [-0.05, 0) is 29.2 Å². The lowest BCUT2D eigenvalue weighted by molar-refractivity contribution is -0.137. The largest absolute Gasteiger partial charge is 0.493 e. The Morgan fingerprint density at radius 3 is 2.24 bits per heavy atom. The van der Waals surface area contributed by atoms with Crippen molar-refractivity contribution in [3.8, 4) is 11.5 Å². The number of carbonyl (C=O) groups is 2. The van der Waals surface area contributed by atoms with Gasteiger partial charge in [0.1, 0.15) is 0 Å². The fourth-order valence-corrected chi connectivity index (χ4v) is 4.28. The summed E-state index contributed by atoms with van der Waals surface area (Å²) in [5, 5.41) is 0. The molecule has 5 nitrogen and oxygen atoms in total. The van der Waals surface area contributed by atoms with E-state index in [4.69, 9.17) is 9.47 Å². The highest BCUT2D eigenvalue weighted by Gasteiger charge is 2.39. The number of hydrogen-bond acceptors (Lipinski definition) is 5. The fraction of sp³-hybridized carbons (Fsp3) is 0.304. The van der Waals surface area contributed by atoms with Crippen LogP contribution in [-0.2, 0) is 15.3 Å². The summed E-state index contributed by atoms with van der Waals surface area (Å²) in [5.74, 6) is 1.41. The molecule has 0 aromatic heterocycles. The number of imide groups is 1. The summed E-state index contributed by atoms with van der Waals surface area (Å²) < 4.78 is 10.7. The Balaban J connectivity index is 2.01. The van der Waals surface area contributed by atoms with Crippen LogP contribution in [0.3, 0.4) is 0 Å². The maximum absolute atomic E-state index is 13.2. The van der Waals surface area contributed by atoms with Crippen molar-refractivity contribution in [2.24, 2.45) is 5.92 Å². The first kappa shape index (κ1) is 21.0. The van der Waals surface area contributed by atoms with E-state index in [2.05, 4.69) is 0 Å². The third kappa shape index (κ3) is 4.48. The second-order valence-electron chi connectivity index (χ2n) is 7.16. The monoisotopic (exact) mass is 411 g/mol. The molecule has 0 radical (unpaired) electrons. The van der Waals surface area contributed by atoms with Gasteiger partial charge in [0.2, 0.25) is 0 Å². The molecule has 0 saturated carbocycles. The standard InChI is InChI=1S/C23H25NO4S/c1-15(2)13-24-22(25)20(17-10-11-18(27-3)19(12-17)28-4)21(23(24)26)29-14-16-8-6-5-7-9-16/h5-12,15H,13-14H2,1-4H3. The number of ether oxygens (including phenoxy) is 2. The molecule has 1 aliphatic rings. The van der Waals surface area contributed by atoms with Gasteiger partial charge >= 0.3 is 0 Å². The Labute approximate surface area is 175 Å². The van der Waals surface area contributed by atoms with Gasteiger partial charge < -0.3 is 9.47 Å². The van der Waals surface area contributed by atoms with Crippen LogP contribution in [0, 0.1) is 5.92 Å². The second kappa shape index (κ2) is 9.18. The molecular weight excluding hydrogens is 386 g/mol. The van der Waals surface area contributed by atoms with E-state index in [1.807, 2.05) is 44.2 Å². The summed E-state index contributed by atoms with van der Waals surface area (Å²) >= 11 is 1.40. The molecule has 2 aromatic carbocycles. The minimum Gasteiger partial charge on any atom is -0.493 e. The highest BCUT2D eigenvalue weighted by molar-refractivity contribution is 8.03. The van der Waals surface area contributed by atoms with Crippen molar-refractivity contribution >= 4 is 29.1 Å². The van der Waals surface area contributed by atoms with Crippen LogP contribution >= 0.6 is 11.8 Å². The molecule has 1 heterocycles. The first-order chi connectivity index (χ1) is 14.0. The highest BCUT2D eigenvalue weighted by atomic mass is 32.2. The Bertz CT molecular complexity index is 937. The first-order valence-electron chi connectivity index (χ1n) is 9.45. The lowest BCUT2D eigenvalue weighted by Gasteiger charge is -2.17. The SMILES string of the molecule is COc1ccc(C2=C(SCc3ccccc3)C(=O)N(CC(C)C)C2=O)cc1OC. The Morgan fingerprint density at radius 1 is 0.931 bits per heavy atom. The molecule has 0 atom stereocenters. The first-order valence-corrected chi connectivity index (χ1v) is 10.4. The number of nitrogens with zero attached hydrogens (tertiary/aromatic N) is 1. The zero-order valence-corrected chi connectivity index (χ0v) is 17.9. The fourth-order valence-electron chi connectivity index (χ4n) is 3.19. The summed E-state index contributed by atoms with van der Waals surface area (Å²) in [6.45, 7) is 4.38. The van der Waals surface area contributed by atoms with E-state index in [1.165, 1.54) is 16.7 Å². The van der Waals surface area contributed by atoms with Crippen LogP contribution in [0.5, 0.6) is 11.5 Å². The molecule has 0 spiro atoms. The molecule has 0 unspecified atom stereocenters. The summed E-state index contributed by atoms with van der Waals surface area (Å²) in [7, 11) is 3.11. The van der Waals surface area contributed by atoms with Crippen LogP contribution in [-0.4, -0.2) is 37.5 Å². The molecular formula is C23H25NO4S. The van der Waals surface area contributed by atoms with Gasteiger partial charge in [-0.1, -0.05) is 50.2 Å². The van der Waals surface area contributed by atoms with Gasteiger partial charge in [-0.3, -0.25) is 14.5 Å². The van der Waals surface area contributed by atoms with Gasteiger partial charge in [-0.15, -0.1) is 11.8 Å². The normalized spacial score (nSPS) is 14.2. The molecule has 2 aromatic rings. The quantitative estimate of drug-likeness (QED) is 0.604. The Kier molecular flexibility index (Phi) is 6.64. The van der Waals surface area contributed by atoms with Crippen LogP contribution < -0.4 is 9.47 Å². The summed E-state index contributed by atoms with van der Waals surface area (Å²) in [6.07, 6.45) is 0. The van der Waals surface area contributed by atoms with E-state index < -0.39 is 0 Å². The van der Waals surface area contributed by atoms with Crippen LogP contribution in [0.25, 0.3) is 5.57 Å². The molecule has 0 saturated heterocycles. The Hall–Kier alpha value is -2.73. The van der Waals surface area contributed by atoms with Crippen molar-refractivity contribution in [2.75, 3.05) is 20.8 Å². The molecule has 0 N–H and O–H groups in total. The van der Waals surface area contributed by atoms with Gasteiger partial charge in [0, 0.05) is 12.3 Å². The minimum absolute atomic E-state index is 0.188. The third-order valence-electron chi connectivity index (χ3n) is 4.57. The number of methoxy groups -OCH3 is 2. The van der Waals surface area contributed by atoms with Crippen LogP contribution in [0.15, 0.2) is 53.4 Å². The number of thioether (sulfide) groups is 1. The average molecular weight is 412 g/mol. The lowest BCUT2D eigenvalue weighted by Crippen LogP contribution is -2.34. The van der Waals surface area contributed by atoms with E-state index in [-0.39, 0.29) is 17.7 Å². The highest BCUT2D eigenvalue weighted by Crippen LogP contribution is 2.40. The van der Waals surface area contributed by atoms with Crippen molar-refractivity contribution in [3.63, 3.8) is 0 Å². The molecule has 0 fully saturated rings. The van der Waals surface area contributed by atoms with Crippen LogP contribution in [0.2, 0.25) is 0 Å². The zero-order chi connectivity index (χ0) is 21.0. The molecule has 2 amide bonds. The van der Waals surface area contributed by atoms with Crippen molar-refractivity contribution in [2.45, 2.75) is 19.6 Å². The number of carbonyl (C=O) groups excluding carboxylic acids is 2. The molecule has 29 heavy (non-hydrogen) atoms. The Morgan fingerprint density at radius 2 is 1.62 bits per heavy atom. The van der Waals surface area contributed by atoms with Crippen molar-refractivity contribution in [1.29, 1.82) is 0 Å². The van der Waals surface area contributed by atoms with Gasteiger partial charge in [0.25, 0.3) is 11.8 Å². The molecule has 3 rings (SSSR count). The van der Waals surface area contributed by atoms with Gasteiger partial charge in [0.05, 0.1) is 24.7 Å². The van der Waals surface area contributed by atoms with Gasteiger partial charge in [-0.25, -0.2) is 0 Å². The predicted octanol–water partition coefficient (Wildman–Crippen LogP) is 4.37. The van der Waals surface area contributed by atoms with E-state index in [9.17, 15) is 9.59 Å². The molecule has 0 aliphatic carbocycles. The summed E-state index contributed by atoms with van der Waals surface area (Å²) in [4.78, 5) is 28.1. The molecule has 6 heteroatoms. The number of rotatable bonds is 8. The van der Waals surface area contributed by atoms with Gasteiger partial charge in [-0.2, -0.15) is 0 Å². The van der Waals surface area contributed by atoms with E-state index in [0.717, 1.165) is 5.56 Å². The third-order valence-corrected chi connectivity index (χ3v) is 5.72. The molecule has 152 valence electrons.